The Labute approximate surface area is 126 Å². The van der Waals surface area contributed by atoms with Gasteiger partial charge in [-0.05, 0) is 44.1 Å². The van der Waals surface area contributed by atoms with Crippen LogP contribution in [0.3, 0.4) is 0 Å². The molecule has 0 amide bonds. The molecule has 1 aliphatic heterocycles. The van der Waals surface area contributed by atoms with E-state index in [1.165, 1.54) is 17.1 Å². The summed E-state index contributed by atoms with van der Waals surface area (Å²) in [4.78, 5) is 6.55. The lowest BCUT2D eigenvalue weighted by Crippen LogP contribution is -2.38. The van der Waals surface area contributed by atoms with Crippen molar-refractivity contribution in [1.29, 1.82) is 0 Å². The SMILES string of the molecule is CN(C)c1cccc(-n2cncc2C2(C)CCNCC2)c1. The van der Waals surface area contributed by atoms with E-state index in [4.69, 9.17) is 0 Å². The molecule has 4 heteroatoms. The molecule has 0 saturated carbocycles. The Morgan fingerprint density at radius 3 is 2.71 bits per heavy atom. The van der Waals surface area contributed by atoms with Crippen LogP contribution in [-0.2, 0) is 5.41 Å². The van der Waals surface area contributed by atoms with Gasteiger partial charge in [0.25, 0.3) is 0 Å². The van der Waals surface area contributed by atoms with Gasteiger partial charge in [0.1, 0.15) is 0 Å². The summed E-state index contributed by atoms with van der Waals surface area (Å²) >= 11 is 0. The minimum Gasteiger partial charge on any atom is -0.378 e. The molecule has 1 saturated heterocycles. The highest BCUT2D eigenvalue weighted by atomic mass is 15.1. The number of aromatic nitrogens is 2. The summed E-state index contributed by atoms with van der Waals surface area (Å²) in [6.45, 7) is 4.52. The summed E-state index contributed by atoms with van der Waals surface area (Å²) in [5.41, 5.74) is 3.92. The third-order valence-corrected chi connectivity index (χ3v) is 4.59. The fourth-order valence-corrected chi connectivity index (χ4v) is 3.10. The van der Waals surface area contributed by atoms with Gasteiger partial charge < -0.3 is 14.8 Å². The van der Waals surface area contributed by atoms with Crippen LogP contribution < -0.4 is 10.2 Å². The predicted octanol–water partition coefficient (Wildman–Crippen LogP) is 2.58. The largest absolute Gasteiger partial charge is 0.378 e. The molecule has 0 atom stereocenters. The number of nitrogens with zero attached hydrogens (tertiary/aromatic N) is 3. The second-order valence-corrected chi connectivity index (χ2v) is 6.37. The number of nitrogens with one attached hydrogen (secondary N) is 1. The third-order valence-electron chi connectivity index (χ3n) is 4.59. The van der Waals surface area contributed by atoms with E-state index >= 15 is 0 Å². The monoisotopic (exact) mass is 284 g/mol. The van der Waals surface area contributed by atoms with E-state index in [0.717, 1.165) is 25.9 Å². The summed E-state index contributed by atoms with van der Waals surface area (Å²) in [6.07, 6.45) is 6.29. The van der Waals surface area contributed by atoms with Crippen LogP contribution in [0.4, 0.5) is 5.69 Å². The molecule has 0 spiro atoms. The number of imidazole rings is 1. The Hall–Kier alpha value is -1.81. The summed E-state index contributed by atoms with van der Waals surface area (Å²) in [5.74, 6) is 0. The molecule has 0 unspecified atom stereocenters. The van der Waals surface area contributed by atoms with E-state index in [-0.39, 0.29) is 5.41 Å². The molecular weight excluding hydrogens is 260 g/mol. The number of hydrogen-bond acceptors (Lipinski definition) is 3. The van der Waals surface area contributed by atoms with Crippen molar-refractivity contribution in [2.75, 3.05) is 32.1 Å². The number of anilines is 1. The second-order valence-electron chi connectivity index (χ2n) is 6.37. The minimum absolute atomic E-state index is 0.204. The molecule has 21 heavy (non-hydrogen) atoms. The van der Waals surface area contributed by atoms with E-state index in [0.29, 0.717) is 0 Å². The fourth-order valence-electron chi connectivity index (χ4n) is 3.10. The molecule has 1 aliphatic rings. The highest BCUT2D eigenvalue weighted by Crippen LogP contribution is 2.34. The van der Waals surface area contributed by atoms with Crippen molar-refractivity contribution < 1.29 is 0 Å². The molecule has 1 fully saturated rings. The first-order chi connectivity index (χ1) is 10.1. The molecule has 1 aromatic heterocycles. The highest BCUT2D eigenvalue weighted by molar-refractivity contribution is 5.53. The molecule has 2 heterocycles. The maximum atomic E-state index is 4.42. The Bertz CT molecular complexity index is 609. The molecule has 0 bridgehead atoms. The second kappa shape index (κ2) is 5.53. The lowest BCUT2D eigenvalue weighted by molar-refractivity contribution is 0.324. The normalized spacial score (nSPS) is 17.7. The van der Waals surface area contributed by atoms with Crippen LogP contribution in [0.25, 0.3) is 5.69 Å². The van der Waals surface area contributed by atoms with Crippen molar-refractivity contribution >= 4 is 5.69 Å². The molecule has 2 aromatic rings. The summed E-state index contributed by atoms with van der Waals surface area (Å²) < 4.78 is 2.25. The first-order valence-corrected chi connectivity index (χ1v) is 7.61. The zero-order chi connectivity index (χ0) is 14.9. The number of rotatable bonds is 3. The highest BCUT2D eigenvalue weighted by Gasteiger charge is 2.31. The quantitative estimate of drug-likeness (QED) is 0.940. The van der Waals surface area contributed by atoms with Gasteiger partial charge in [-0.25, -0.2) is 4.98 Å². The van der Waals surface area contributed by atoms with Crippen molar-refractivity contribution in [1.82, 2.24) is 14.9 Å². The smallest absolute Gasteiger partial charge is 0.0994 e. The number of hydrogen-bond donors (Lipinski definition) is 1. The summed E-state index contributed by atoms with van der Waals surface area (Å²) in [7, 11) is 4.14. The van der Waals surface area contributed by atoms with Crippen LogP contribution in [0, 0.1) is 0 Å². The van der Waals surface area contributed by atoms with Crippen molar-refractivity contribution in [3.05, 3.63) is 42.5 Å². The zero-order valence-corrected chi connectivity index (χ0v) is 13.1. The van der Waals surface area contributed by atoms with E-state index in [1.807, 2.05) is 12.5 Å². The van der Waals surface area contributed by atoms with E-state index in [2.05, 4.69) is 65.1 Å². The lowest BCUT2D eigenvalue weighted by Gasteiger charge is -2.34. The molecule has 112 valence electrons. The topological polar surface area (TPSA) is 33.1 Å². The van der Waals surface area contributed by atoms with Gasteiger partial charge in [-0.3, -0.25) is 0 Å². The summed E-state index contributed by atoms with van der Waals surface area (Å²) in [6, 6.07) is 8.61. The predicted molar refractivity (Wildman–Crippen MR) is 87.3 cm³/mol. The van der Waals surface area contributed by atoms with Crippen LogP contribution >= 0.6 is 0 Å². The van der Waals surface area contributed by atoms with Gasteiger partial charge in [0.05, 0.1) is 6.33 Å². The average Bonchev–Trinajstić information content (AvgIpc) is 2.98. The van der Waals surface area contributed by atoms with Crippen LogP contribution in [0.5, 0.6) is 0 Å². The number of piperidine rings is 1. The fraction of sp³-hybridized carbons (Fsp3) is 0.471. The van der Waals surface area contributed by atoms with Gasteiger partial charge in [0, 0.05) is 42.8 Å². The third kappa shape index (κ3) is 2.68. The number of benzene rings is 1. The Balaban J connectivity index is 2.01. The Kier molecular flexibility index (Phi) is 3.72. The Morgan fingerprint density at radius 2 is 2.00 bits per heavy atom. The molecule has 0 radical (unpaired) electrons. The van der Waals surface area contributed by atoms with Gasteiger partial charge in [-0.2, -0.15) is 0 Å². The molecule has 1 N–H and O–H groups in total. The maximum absolute atomic E-state index is 4.42. The molecule has 3 rings (SSSR count). The van der Waals surface area contributed by atoms with Gasteiger partial charge in [0.15, 0.2) is 0 Å². The molecule has 1 aromatic carbocycles. The minimum atomic E-state index is 0.204. The van der Waals surface area contributed by atoms with Crippen molar-refractivity contribution in [2.24, 2.45) is 0 Å². The average molecular weight is 284 g/mol. The molecule has 0 aliphatic carbocycles. The van der Waals surface area contributed by atoms with Crippen LogP contribution in [-0.4, -0.2) is 36.7 Å². The first kappa shape index (κ1) is 14.1. The Morgan fingerprint density at radius 1 is 1.24 bits per heavy atom. The van der Waals surface area contributed by atoms with Crippen LogP contribution in [0.2, 0.25) is 0 Å². The van der Waals surface area contributed by atoms with Gasteiger partial charge in [0.2, 0.25) is 0 Å². The van der Waals surface area contributed by atoms with Gasteiger partial charge >= 0.3 is 0 Å². The van der Waals surface area contributed by atoms with Crippen molar-refractivity contribution in [3.8, 4) is 5.69 Å². The zero-order valence-electron chi connectivity index (χ0n) is 13.1. The lowest BCUT2D eigenvalue weighted by atomic mass is 9.78. The van der Waals surface area contributed by atoms with Crippen LogP contribution in [0.1, 0.15) is 25.5 Å². The standard InChI is InChI=1S/C17H24N4/c1-17(7-9-18-10-8-17)16-12-19-13-21(16)15-6-4-5-14(11-15)20(2)3/h4-6,11-13,18H,7-10H2,1-3H3. The van der Waals surface area contributed by atoms with E-state index < -0.39 is 0 Å². The summed E-state index contributed by atoms with van der Waals surface area (Å²) in [5, 5.41) is 3.45. The van der Waals surface area contributed by atoms with E-state index in [9.17, 15) is 0 Å². The first-order valence-electron chi connectivity index (χ1n) is 7.61. The van der Waals surface area contributed by atoms with Gasteiger partial charge in [-0.1, -0.05) is 13.0 Å². The maximum Gasteiger partial charge on any atom is 0.0994 e. The van der Waals surface area contributed by atoms with Gasteiger partial charge in [-0.15, -0.1) is 0 Å². The van der Waals surface area contributed by atoms with Crippen LogP contribution in [0.15, 0.2) is 36.8 Å². The van der Waals surface area contributed by atoms with Crippen molar-refractivity contribution in [3.63, 3.8) is 0 Å². The van der Waals surface area contributed by atoms with Crippen molar-refractivity contribution in [2.45, 2.75) is 25.2 Å². The molecular formula is C17H24N4. The van der Waals surface area contributed by atoms with E-state index in [1.54, 1.807) is 0 Å². The molecule has 4 nitrogen and oxygen atoms in total.